The second-order valence-electron chi connectivity index (χ2n) is 1.87. The van der Waals surface area contributed by atoms with E-state index in [4.69, 9.17) is 17.3 Å². The highest BCUT2D eigenvalue weighted by atomic mass is 79.9. The lowest BCUT2D eigenvalue weighted by Crippen LogP contribution is -1.98. The Hall–Kier alpha value is -0.680. The third-order valence-electron chi connectivity index (χ3n) is 1.10. The van der Waals surface area contributed by atoms with Crippen molar-refractivity contribution in [2.75, 3.05) is 0 Å². The summed E-state index contributed by atoms with van der Waals surface area (Å²) in [6.45, 7) is 0. The third kappa shape index (κ3) is 1.87. The van der Waals surface area contributed by atoms with Gasteiger partial charge in [-0.15, -0.1) is 0 Å². The van der Waals surface area contributed by atoms with Crippen LogP contribution in [0.4, 0.5) is 0 Å². The number of H-pyrrole nitrogens is 1. The van der Waals surface area contributed by atoms with E-state index in [1.165, 1.54) is 6.07 Å². The average molecular weight is 234 g/mol. The van der Waals surface area contributed by atoms with E-state index in [-0.39, 0.29) is 10.2 Å². The Morgan fingerprint density at radius 2 is 2.36 bits per heavy atom. The van der Waals surface area contributed by atoms with Crippen molar-refractivity contribution in [3.63, 3.8) is 0 Å². The molecule has 0 aliphatic carbocycles. The summed E-state index contributed by atoms with van der Waals surface area (Å²) in [5.41, 5.74) is 0.106. The van der Waals surface area contributed by atoms with E-state index < -0.39 is 5.97 Å². The molecule has 0 radical (unpaired) electrons. The molecule has 0 atom stereocenters. The topological polar surface area (TPSA) is 53.1 Å². The molecule has 2 N–H and O–H groups in total. The smallest absolute Gasteiger partial charge is 0.338 e. The lowest BCUT2D eigenvalue weighted by molar-refractivity contribution is 0.0695. The predicted molar refractivity (Wildman–Crippen MR) is 46.3 cm³/mol. The standard InChI is InChI=1S/C6H4BrNO2S/c7-3-1-4(6(9)10)5(11)8-2-3/h1-2H,(H,8,11)(H,9,10). The molecule has 1 rings (SSSR count). The van der Waals surface area contributed by atoms with Gasteiger partial charge >= 0.3 is 5.97 Å². The zero-order valence-corrected chi connectivity index (χ0v) is 7.70. The molecule has 0 aliphatic heterocycles. The van der Waals surface area contributed by atoms with Crippen LogP contribution >= 0.6 is 28.1 Å². The van der Waals surface area contributed by atoms with Gasteiger partial charge < -0.3 is 10.1 Å². The maximum absolute atomic E-state index is 10.5. The van der Waals surface area contributed by atoms with Crippen molar-refractivity contribution in [3.05, 3.63) is 26.9 Å². The van der Waals surface area contributed by atoms with E-state index in [0.29, 0.717) is 4.47 Å². The number of hydrogen-bond donors (Lipinski definition) is 2. The van der Waals surface area contributed by atoms with Crippen LogP contribution in [0, 0.1) is 4.64 Å². The van der Waals surface area contributed by atoms with Crippen LogP contribution in [0.5, 0.6) is 0 Å². The number of rotatable bonds is 1. The highest BCUT2D eigenvalue weighted by molar-refractivity contribution is 9.10. The van der Waals surface area contributed by atoms with Crippen LogP contribution in [0.15, 0.2) is 16.7 Å². The molecule has 0 fully saturated rings. The van der Waals surface area contributed by atoms with E-state index in [9.17, 15) is 4.79 Å². The molecule has 0 amide bonds. The van der Waals surface area contributed by atoms with Gasteiger partial charge in [-0.05, 0) is 22.0 Å². The van der Waals surface area contributed by atoms with E-state index in [0.717, 1.165) is 0 Å². The van der Waals surface area contributed by atoms with E-state index in [1.54, 1.807) is 6.20 Å². The van der Waals surface area contributed by atoms with Crippen molar-refractivity contribution < 1.29 is 9.90 Å². The summed E-state index contributed by atoms with van der Waals surface area (Å²) in [5, 5.41) is 8.58. The summed E-state index contributed by atoms with van der Waals surface area (Å²) in [6, 6.07) is 1.46. The molecule has 1 heterocycles. The van der Waals surface area contributed by atoms with Crippen LogP contribution in [0.3, 0.4) is 0 Å². The fraction of sp³-hybridized carbons (Fsp3) is 0. The van der Waals surface area contributed by atoms with Gasteiger partial charge in [-0.25, -0.2) is 4.79 Å². The molecule has 58 valence electrons. The first kappa shape index (κ1) is 8.42. The van der Waals surface area contributed by atoms with Gasteiger partial charge in [0.25, 0.3) is 0 Å². The van der Waals surface area contributed by atoms with E-state index >= 15 is 0 Å². The molecule has 0 aliphatic rings. The monoisotopic (exact) mass is 233 g/mol. The fourth-order valence-corrected chi connectivity index (χ4v) is 1.16. The molecule has 1 aromatic heterocycles. The first-order valence-electron chi connectivity index (χ1n) is 2.73. The normalized spacial score (nSPS) is 9.55. The van der Waals surface area contributed by atoms with Crippen LogP contribution < -0.4 is 0 Å². The Labute approximate surface area is 76.2 Å². The zero-order chi connectivity index (χ0) is 8.43. The number of carbonyl (C=O) groups is 1. The maximum Gasteiger partial charge on any atom is 0.338 e. The molecule has 0 spiro atoms. The molecule has 0 saturated heterocycles. The van der Waals surface area contributed by atoms with Gasteiger partial charge in [0.05, 0.1) is 5.56 Å². The average Bonchev–Trinajstić information content (AvgIpc) is 1.94. The van der Waals surface area contributed by atoms with Crippen LogP contribution in [0.1, 0.15) is 10.4 Å². The Morgan fingerprint density at radius 3 is 2.82 bits per heavy atom. The van der Waals surface area contributed by atoms with Crippen molar-refractivity contribution in [2.24, 2.45) is 0 Å². The van der Waals surface area contributed by atoms with Gasteiger partial charge in [-0.1, -0.05) is 12.2 Å². The van der Waals surface area contributed by atoms with Crippen molar-refractivity contribution in [1.82, 2.24) is 4.98 Å². The number of aromatic nitrogens is 1. The number of hydrogen-bond acceptors (Lipinski definition) is 2. The van der Waals surface area contributed by atoms with Crippen molar-refractivity contribution in [2.45, 2.75) is 0 Å². The quantitative estimate of drug-likeness (QED) is 0.732. The SMILES string of the molecule is O=C(O)c1cc(Br)c[nH]c1=S. The summed E-state index contributed by atoms with van der Waals surface area (Å²) in [6.07, 6.45) is 1.59. The van der Waals surface area contributed by atoms with Gasteiger partial charge in [0.15, 0.2) is 0 Å². The largest absolute Gasteiger partial charge is 0.478 e. The third-order valence-corrected chi connectivity index (χ3v) is 1.89. The van der Waals surface area contributed by atoms with E-state index in [2.05, 4.69) is 20.9 Å². The molecule has 0 saturated carbocycles. The highest BCUT2D eigenvalue weighted by Crippen LogP contribution is 2.10. The first-order chi connectivity index (χ1) is 5.11. The summed E-state index contributed by atoms with van der Waals surface area (Å²) >= 11 is 7.85. The summed E-state index contributed by atoms with van der Waals surface area (Å²) in [5.74, 6) is -1.02. The minimum absolute atomic E-state index is 0.106. The molecule has 0 unspecified atom stereocenters. The van der Waals surface area contributed by atoms with Crippen LogP contribution in [-0.4, -0.2) is 16.1 Å². The van der Waals surface area contributed by atoms with Crippen molar-refractivity contribution >= 4 is 34.1 Å². The van der Waals surface area contributed by atoms with Crippen LogP contribution in [0.2, 0.25) is 0 Å². The molecule has 1 aromatic rings. The Morgan fingerprint density at radius 1 is 1.73 bits per heavy atom. The molecule has 0 aromatic carbocycles. The molecular formula is C6H4BrNO2S. The minimum atomic E-state index is -1.02. The molecular weight excluding hydrogens is 230 g/mol. The molecule has 5 heteroatoms. The zero-order valence-electron chi connectivity index (χ0n) is 5.30. The highest BCUT2D eigenvalue weighted by Gasteiger charge is 2.04. The number of aromatic amines is 1. The number of carboxylic acids is 1. The molecule has 11 heavy (non-hydrogen) atoms. The Kier molecular flexibility index (Phi) is 2.41. The first-order valence-corrected chi connectivity index (χ1v) is 3.93. The van der Waals surface area contributed by atoms with Gasteiger partial charge in [-0.2, -0.15) is 0 Å². The number of aromatic carboxylic acids is 1. The molecule has 0 bridgehead atoms. The van der Waals surface area contributed by atoms with Gasteiger partial charge in [0.2, 0.25) is 0 Å². The number of halogens is 1. The summed E-state index contributed by atoms with van der Waals surface area (Å²) in [4.78, 5) is 13.1. The van der Waals surface area contributed by atoms with Gasteiger partial charge in [0.1, 0.15) is 4.64 Å². The Bertz CT molecular complexity index is 347. The summed E-state index contributed by atoms with van der Waals surface area (Å²) < 4.78 is 0.907. The predicted octanol–water partition coefficient (Wildman–Crippen LogP) is 2.20. The maximum atomic E-state index is 10.5. The van der Waals surface area contributed by atoms with Crippen molar-refractivity contribution in [1.29, 1.82) is 0 Å². The fourth-order valence-electron chi connectivity index (χ4n) is 0.616. The second-order valence-corrected chi connectivity index (χ2v) is 3.19. The van der Waals surface area contributed by atoms with Crippen molar-refractivity contribution in [3.8, 4) is 0 Å². The minimum Gasteiger partial charge on any atom is -0.478 e. The van der Waals surface area contributed by atoms with E-state index in [1.807, 2.05) is 0 Å². The number of carboxylic acid groups (broad SMARTS) is 1. The summed E-state index contributed by atoms with van der Waals surface area (Å²) in [7, 11) is 0. The lowest BCUT2D eigenvalue weighted by Gasteiger charge is -1.94. The van der Waals surface area contributed by atoms with Gasteiger partial charge in [-0.3, -0.25) is 0 Å². The number of nitrogens with one attached hydrogen (secondary N) is 1. The number of pyridine rings is 1. The van der Waals surface area contributed by atoms with Crippen LogP contribution in [0.25, 0.3) is 0 Å². The Balaban J connectivity index is 3.35. The lowest BCUT2D eigenvalue weighted by atomic mass is 10.3. The second kappa shape index (κ2) is 3.15. The molecule has 3 nitrogen and oxygen atoms in total. The van der Waals surface area contributed by atoms with Crippen LogP contribution in [-0.2, 0) is 0 Å². The van der Waals surface area contributed by atoms with Gasteiger partial charge in [0, 0.05) is 10.7 Å².